The lowest BCUT2D eigenvalue weighted by atomic mass is 9.95. The highest BCUT2D eigenvalue weighted by molar-refractivity contribution is 6.51. The zero-order chi connectivity index (χ0) is 22.1. The zero-order valence-electron chi connectivity index (χ0n) is 16.6. The summed E-state index contributed by atoms with van der Waals surface area (Å²) in [6, 6.07) is 20.2. The number of carbonyl (C=O) groups is 2. The van der Waals surface area contributed by atoms with E-state index in [1.54, 1.807) is 60.7 Å². The van der Waals surface area contributed by atoms with Crippen LogP contribution in [0.15, 0.2) is 84.4 Å². The highest BCUT2D eigenvalue weighted by atomic mass is 16.6. The van der Waals surface area contributed by atoms with Crippen molar-refractivity contribution in [3.63, 3.8) is 0 Å². The molecule has 3 aromatic carbocycles. The molecule has 31 heavy (non-hydrogen) atoms. The first-order valence-electron chi connectivity index (χ1n) is 9.56. The summed E-state index contributed by atoms with van der Waals surface area (Å²) in [6.45, 7) is 1.89. The second-order valence-electron chi connectivity index (χ2n) is 7.22. The SMILES string of the molecule is Cc1ccc(N2C(=O)C(=O)/C(=C(/O)c3ccccc3)C2c2cccc([N+](=O)[O-])c2)cc1. The molecule has 0 bridgehead atoms. The Hall–Kier alpha value is -4.26. The molecule has 1 aliphatic heterocycles. The van der Waals surface area contributed by atoms with Gasteiger partial charge in [-0.15, -0.1) is 0 Å². The van der Waals surface area contributed by atoms with Crippen molar-refractivity contribution in [3.8, 4) is 0 Å². The molecule has 0 spiro atoms. The van der Waals surface area contributed by atoms with Crippen LogP contribution in [0.5, 0.6) is 0 Å². The number of nitro groups is 1. The summed E-state index contributed by atoms with van der Waals surface area (Å²) in [5.41, 5.74) is 1.86. The Balaban J connectivity index is 1.97. The maximum atomic E-state index is 13.0. The van der Waals surface area contributed by atoms with Crippen molar-refractivity contribution in [1.82, 2.24) is 0 Å². The van der Waals surface area contributed by atoms with E-state index in [2.05, 4.69) is 0 Å². The van der Waals surface area contributed by atoms with Crippen LogP contribution < -0.4 is 4.90 Å². The minimum absolute atomic E-state index is 0.114. The minimum atomic E-state index is -1.01. The van der Waals surface area contributed by atoms with Crippen LogP contribution in [0.25, 0.3) is 5.76 Å². The normalized spacial score (nSPS) is 17.7. The van der Waals surface area contributed by atoms with Gasteiger partial charge in [0.1, 0.15) is 5.76 Å². The third-order valence-electron chi connectivity index (χ3n) is 5.20. The highest BCUT2D eigenvalue weighted by Gasteiger charge is 2.47. The number of rotatable bonds is 4. The van der Waals surface area contributed by atoms with E-state index in [-0.39, 0.29) is 17.0 Å². The summed E-state index contributed by atoms with van der Waals surface area (Å²) in [5.74, 6) is -1.98. The second kappa shape index (κ2) is 7.87. The number of non-ortho nitro benzene ring substituents is 1. The monoisotopic (exact) mass is 414 g/mol. The molecule has 0 aromatic heterocycles. The van der Waals surface area contributed by atoms with Gasteiger partial charge in [-0.3, -0.25) is 24.6 Å². The van der Waals surface area contributed by atoms with E-state index in [0.717, 1.165) is 5.56 Å². The van der Waals surface area contributed by atoms with Crippen LogP contribution in [0.4, 0.5) is 11.4 Å². The van der Waals surface area contributed by atoms with Gasteiger partial charge in [-0.25, -0.2) is 0 Å². The van der Waals surface area contributed by atoms with Crippen LogP contribution >= 0.6 is 0 Å². The molecule has 3 aromatic rings. The zero-order valence-corrected chi connectivity index (χ0v) is 16.6. The van der Waals surface area contributed by atoms with Gasteiger partial charge in [0.25, 0.3) is 17.4 Å². The standard InChI is InChI=1S/C24H18N2O5/c1-15-10-12-18(13-11-15)25-21(17-8-5-9-19(14-17)26(30)31)20(23(28)24(25)29)22(27)16-6-3-2-4-7-16/h2-14,21,27H,1H3/b22-20+. The Labute approximate surface area is 178 Å². The molecule has 7 nitrogen and oxygen atoms in total. The van der Waals surface area contributed by atoms with Crippen LogP contribution in [-0.4, -0.2) is 21.7 Å². The van der Waals surface area contributed by atoms with E-state index in [9.17, 15) is 24.8 Å². The van der Waals surface area contributed by atoms with Crippen molar-refractivity contribution in [2.45, 2.75) is 13.0 Å². The number of nitro benzene ring substituents is 1. The second-order valence-corrected chi connectivity index (χ2v) is 7.22. The summed E-state index contributed by atoms with van der Waals surface area (Å²) < 4.78 is 0. The van der Waals surface area contributed by atoms with Crippen LogP contribution in [0.2, 0.25) is 0 Å². The smallest absolute Gasteiger partial charge is 0.300 e. The first-order valence-corrected chi connectivity index (χ1v) is 9.56. The van der Waals surface area contributed by atoms with Crippen LogP contribution in [-0.2, 0) is 9.59 Å². The average Bonchev–Trinajstić information content (AvgIpc) is 3.05. The maximum Gasteiger partial charge on any atom is 0.300 e. The summed E-state index contributed by atoms with van der Waals surface area (Å²) in [5, 5.41) is 22.3. The highest BCUT2D eigenvalue weighted by Crippen LogP contribution is 2.42. The fraction of sp³-hybridized carbons (Fsp3) is 0.0833. The van der Waals surface area contributed by atoms with Crippen molar-refractivity contribution >= 4 is 28.8 Å². The van der Waals surface area contributed by atoms with Gasteiger partial charge in [0.05, 0.1) is 16.5 Å². The van der Waals surface area contributed by atoms with E-state index in [4.69, 9.17) is 0 Å². The lowest BCUT2D eigenvalue weighted by Crippen LogP contribution is -2.29. The number of ketones is 1. The predicted octanol–water partition coefficient (Wildman–Crippen LogP) is 4.53. The number of hydrogen-bond acceptors (Lipinski definition) is 5. The topological polar surface area (TPSA) is 101 Å². The molecule has 1 fully saturated rings. The molecular formula is C24H18N2O5. The van der Waals surface area contributed by atoms with Gasteiger partial charge in [-0.1, -0.05) is 60.2 Å². The Bertz CT molecular complexity index is 1220. The number of carbonyl (C=O) groups excluding carboxylic acids is 2. The van der Waals surface area contributed by atoms with Crippen LogP contribution in [0.1, 0.15) is 22.7 Å². The molecule has 1 N–H and O–H groups in total. The molecule has 0 aliphatic carbocycles. The van der Waals surface area contributed by atoms with E-state index < -0.39 is 22.7 Å². The molecule has 1 amide bonds. The Morgan fingerprint density at radius 1 is 0.968 bits per heavy atom. The Morgan fingerprint density at radius 2 is 1.65 bits per heavy atom. The fourth-order valence-electron chi connectivity index (χ4n) is 3.68. The van der Waals surface area contributed by atoms with Crippen molar-refractivity contribution < 1.29 is 19.6 Å². The average molecular weight is 414 g/mol. The van der Waals surface area contributed by atoms with Gasteiger partial charge in [0.2, 0.25) is 0 Å². The van der Waals surface area contributed by atoms with Gasteiger partial charge in [-0.05, 0) is 24.6 Å². The number of aliphatic hydroxyl groups is 1. The molecule has 1 heterocycles. The van der Waals surface area contributed by atoms with Crippen molar-refractivity contribution in [1.29, 1.82) is 0 Å². The number of anilines is 1. The third kappa shape index (κ3) is 3.57. The number of amides is 1. The van der Waals surface area contributed by atoms with E-state index in [0.29, 0.717) is 16.8 Å². The molecule has 154 valence electrons. The summed E-state index contributed by atoms with van der Waals surface area (Å²) >= 11 is 0. The molecule has 4 rings (SSSR count). The van der Waals surface area contributed by atoms with Crippen molar-refractivity contribution in [2.75, 3.05) is 4.90 Å². The van der Waals surface area contributed by atoms with Gasteiger partial charge >= 0.3 is 0 Å². The van der Waals surface area contributed by atoms with Gasteiger partial charge in [0.15, 0.2) is 0 Å². The first kappa shape index (κ1) is 20.0. The molecular weight excluding hydrogens is 396 g/mol. The molecule has 7 heteroatoms. The lowest BCUT2D eigenvalue weighted by molar-refractivity contribution is -0.384. The van der Waals surface area contributed by atoms with E-state index in [1.807, 2.05) is 6.92 Å². The van der Waals surface area contributed by atoms with E-state index in [1.165, 1.54) is 23.1 Å². The number of hydrogen-bond donors (Lipinski definition) is 1. The summed E-state index contributed by atoms with van der Waals surface area (Å²) in [7, 11) is 0. The van der Waals surface area contributed by atoms with Gasteiger partial charge in [0, 0.05) is 23.4 Å². The lowest BCUT2D eigenvalue weighted by Gasteiger charge is -2.25. The quantitative estimate of drug-likeness (QED) is 0.222. The van der Waals surface area contributed by atoms with Crippen molar-refractivity contribution in [2.24, 2.45) is 0 Å². The number of benzene rings is 3. The number of Topliss-reactive ketones (excluding diaryl/α,β-unsaturated/α-hetero) is 1. The van der Waals surface area contributed by atoms with Crippen LogP contribution in [0, 0.1) is 17.0 Å². The maximum absolute atomic E-state index is 13.0. The van der Waals surface area contributed by atoms with Crippen LogP contribution in [0.3, 0.4) is 0 Å². The molecule has 1 atom stereocenters. The molecule has 0 radical (unpaired) electrons. The van der Waals surface area contributed by atoms with Gasteiger partial charge < -0.3 is 5.11 Å². The Kier molecular flexibility index (Phi) is 5.09. The van der Waals surface area contributed by atoms with Crippen molar-refractivity contribution in [3.05, 3.63) is 111 Å². The molecule has 0 saturated carbocycles. The number of aryl methyl sites for hydroxylation is 1. The molecule has 1 saturated heterocycles. The van der Waals surface area contributed by atoms with Gasteiger partial charge in [-0.2, -0.15) is 0 Å². The predicted molar refractivity (Wildman–Crippen MR) is 116 cm³/mol. The number of aliphatic hydroxyl groups excluding tert-OH is 1. The first-order chi connectivity index (χ1) is 14.9. The minimum Gasteiger partial charge on any atom is -0.507 e. The largest absolute Gasteiger partial charge is 0.507 e. The summed E-state index contributed by atoms with van der Waals surface area (Å²) in [6.07, 6.45) is 0. The Morgan fingerprint density at radius 3 is 2.29 bits per heavy atom. The summed E-state index contributed by atoms with van der Waals surface area (Å²) in [4.78, 5) is 38.1. The van der Waals surface area contributed by atoms with E-state index >= 15 is 0 Å². The molecule has 1 aliphatic rings. The number of nitrogens with zero attached hydrogens (tertiary/aromatic N) is 2. The third-order valence-corrected chi connectivity index (χ3v) is 5.20. The molecule has 1 unspecified atom stereocenters. The fourth-order valence-corrected chi connectivity index (χ4v) is 3.68.